The SMILES string of the molecule is C[C@H]1C[C@@H]1C(=O)N1CCCC[C@@H]1c1cc2nc(C(C)(C)C)cc(C(F)(F)F)n2n1. The van der Waals surface area contributed by atoms with Crippen molar-refractivity contribution in [3.05, 3.63) is 29.2 Å². The highest BCUT2D eigenvalue weighted by molar-refractivity contribution is 5.82. The molecule has 0 radical (unpaired) electrons. The van der Waals surface area contributed by atoms with Crippen molar-refractivity contribution in [1.82, 2.24) is 19.5 Å². The Morgan fingerprint density at radius 3 is 2.45 bits per heavy atom. The number of hydrogen-bond donors (Lipinski definition) is 0. The highest BCUT2D eigenvalue weighted by atomic mass is 19.4. The van der Waals surface area contributed by atoms with E-state index < -0.39 is 17.3 Å². The van der Waals surface area contributed by atoms with E-state index in [4.69, 9.17) is 0 Å². The van der Waals surface area contributed by atoms with Gasteiger partial charge in [0.25, 0.3) is 0 Å². The van der Waals surface area contributed by atoms with Gasteiger partial charge in [0.05, 0.1) is 17.4 Å². The molecule has 2 aliphatic rings. The largest absolute Gasteiger partial charge is 0.433 e. The third-order valence-corrected chi connectivity index (χ3v) is 6.06. The predicted octanol–water partition coefficient (Wildman–Crippen LogP) is 4.76. The summed E-state index contributed by atoms with van der Waals surface area (Å²) >= 11 is 0. The summed E-state index contributed by atoms with van der Waals surface area (Å²) in [6.07, 6.45) is -1.10. The van der Waals surface area contributed by atoms with Gasteiger partial charge < -0.3 is 4.90 Å². The number of alkyl halides is 3. The fourth-order valence-electron chi connectivity index (χ4n) is 4.12. The van der Waals surface area contributed by atoms with Crippen molar-refractivity contribution in [2.75, 3.05) is 6.54 Å². The fraction of sp³-hybridized carbons (Fsp3) is 0.667. The summed E-state index contributed by atoms with van der Waals surface area (Å²) in [6, 6.07) is 2.42. The molecular formula is C21H27F3N4O. The normalized spacial score (nSPS) is 25.5. The van der Waals surface area contributed by atoms with Crippen LogP contribution in [0.3, 0.4) is 0 Å². The van der Waals surface area contributed by atoms with E-state index in [2.05, 4.69) is 17.0 Å². The molecule has 4 rings (SSSR count). The summed E-state index contributed by atoms with van der Waals surface area (Å²) in [5, 5.41) is 4.30. The zero-order chi connectivity index (χ0) is 21.1. The van der Waals surface area contributed by atoms with E-state index in [0.717, 1.165) is 29.8 Å². The molecule has 3 heterocycles. The highest BCUT2D eigenvalue weighted by Gasteiger charge is 2.44. The molecule has 158 valence electrons. The van der Waals surface area contributed by atoms with Gasteiger partial charge in [0.2, 0.25) is 5.91 Å². The van der Waals surface area contributed by atoms with E-state index in [1.54, 1.807) is 6.07 Å². The van der Waals surface area contributed by atoms with Crippen LogP contribution in [0.4, 0.5) is 13.2 Å². The number of rotatable bonds is 2. The molecule has 2 aromatic heterocycles. The zero-order valence-electron chi connectivity index (χ0n) is 17.3. The molecule has 2 fully saturated rings. The molecule has 1 aliphatic heterocycles. The van der Waals surface area contributed by atoms with Gasteiger partial charge in [-0.05, 0) is 37.7 Å². The van der Waals surface area contributed by atoms with E-state index in [9.17, 15) is 18.0 Å². The number of nitrogens with zero attached hydrogens (tertiary/aromatic N) is 4. The lowest BCUT2D eigenvalue weighted by Gasteiger charge is -2.35. The highest BCUT2D eigenvalue weighted by Crippen LogP contribution is 2.42. The van der Waals surface area contributed by atoms with Crippen molar-refractivity contribution in [3.63, 3.8) is 0 Å². The van der Waals surface area contributed by atoms with Gasteiger partial charge in [-0.3, -0.25) is 4.79 Å². The number of carbonyl (C=O) groups excluding carboxylic acids is 1. The van der Waals surface area contributed by atoms with Crippen LogP contribution >= 0.6 is 0 Å². The average molecular weight is 408 g/mol. The molecule has 3 atom stereocenters. The maximum absolute atomic E-state index is 13.7. The Labute approximate surface area is 168 Å². The maximum atomic E-state index is 13.7. The zero-order valence-corrected chi connectivity index (χ0v) is 17.3. The molecule has 8 heteroatoms. The molecule has 1 aliphatic carbocycles. The lowest BCUT2D eigenvalue weighted by molar-refractivity contribution is -0.143. The Balaban J connectivity index is 1.78. The third kappa shape index (κ3) is 3.73. The number of piperidine rings is 1. The van der Waals surface area contributed by atoms with Crippen molar-refractivity contribution in [1.29, 1.82) is 0 Å². The van der Waals surface area contributed by atoms with E-state index in [-0.39, 0.29) is 23.5 Å². The number of halogens is 3. The van der Waals surface area contributed by atoms with E-state index in [0.29, 0.717) is 30.3 Å². The summed E-state index contributed by atoms with van der Waals surface area (Å²) in [7, 11) is 0. The smallest absolute Gasteiger partial charge is 0.334 e. The van der Waals surface area contributed by atoms with Crippen LogP contribution in [0.25, 0.3) is 5.65 Å². The standard InChI is InChI=1S/C21H27F3N4O/c1-12-9-13(12)19(29)27-8-6-5-7-15(27)14-10-18-25-16(20(2,3)4)11-17(21(22,23)24)28(18)26-14/h10-13,15H,5-9H2,1-4H3/t12-,13-,15+/m0/s1. The van der Waals surface area contributed by atoms with Crippen LogP contribution in [-0.2, 0) is 16.4 Å². The molecular weight excluding hydrogens is 381 g/mol. The third-order valence-electron chi connectivity index (χ3n) is 6.06. The molecule has 29 heavy (non-hydrogen) atoms. The van der Waals surface area contributed by atoms with Gasteiger partial charge in [0.15, 0.2) is 5.65 Å². The minimum Gasteiger partial charge on any atom is -0.334 e. The molecule has 5 nitrogen and oxygen atoms in total. The van der Waals surface area contributed by atoms with Gasteiger partial charge in [0.1, 0.15) is 5.69 Å². The first-order valence-electron chi connectivity index (χ1n) is 10.3. The number of fused-ring (bicyclic) bond motifs is 1. The molecule has 0 bridgehead atoms. The number of aromatic nitrogens is 3. The van der Waals surface area contributed by atoms with Crippen LogP contribution in [0.2, 0.25) is 0 Å². The monoisotopic (exact) mass is 408 g/mol. The minimum absolute atomic E-state index is 0.0454. The molecule has 1 amide bonds. The topological polar surface area (TPSA) is 50.5 Å². The average Bonchev–Trinajstić information content (AvgIpc) is 3.20. The first-order valence-corrected chi connectivity index (χ1v) is 10.3. The van der Waals surface area contributed by atoms with Crippen molar-refractivity contribution in [2.24, 2.45) is 11.8 Å². The second kappa shape index (κ2) is 6.71. The van der Waals surface area contributed by atoms with Crippen LogP contribution in [0.15, 0.2) is 12.1 Å². The molecule has 0 spiro atoms. The first-order chi connectivity index (χ1) is 13.5. The lowest BCUT2D eigenvalue weighted by Crippen LogP contribution is -2.39. The number of amides is 1. The second-order valence-electron chi connectivity index (χ2n) is 9.48. The molecule has 2 aromatic rings. The second-order valence-corrected chi connectivity index (χ2v) is 9.48. The fourth-order valence-corrected chi connectivity index (χ4v) is 4.12. The van der Waals surface area contributed by atoms with Crippen molar-refractivity contribution in [2.45, 2.75) is 71.0 Å². The van der Waals surface area contributed by atoms with Crippen molar-refractivity contribution in [3.8, 4) is 0 Å². The Kier molecular flexibility index (Phi) is 4.66. The number of hydrogen-bond acceptors (Lipinski definition) is 3. The Morgan fingerprint density at radius 1 is 1.17 bits per heavy atom. The Hall–Kier alpha value is -2.12. The Morgan fingerprint density at radius 2 is 1.86 bits per heavy atom. The van der Waals surface area contributed by atoms with Gasteiger partial charge in [-0.1, -0.05) is 27.7 Å². The van der Waals surface area contributed by atoms with E-state index in [1.165, 1.54) is 0 Å². The van der Waals surface area contributed by atoms with Crippen LogP contribution in [-0.4, -0.2) is 31.9 Å². The molecule has 0 unspecified atom stereocenters. The lowest BCUT2D eigenvalue weighted by atomic mass is 9.91. The van der Waals surface area contributed by atoms with Gasteiger partial charge in [0, 0.05) is 23.9 Å². The Bertz CT molecular complexity index is 944. The minimum atomic E-state index is -4.55. The van der Waals surface area contributed by atoms with Crippen molar-refractivity contribution < 1.29 is 18.0 Å². The van der Waals surface area contributed by atoms with Gasteiger partial charge in [-0.2, -0.15) is 18.3 Å². The molecule has 1 saturated carbocycles. The van der Waals surface area contributed by atoms with Crippen LogP contribution in [0.1, 0.15) is 76.5 Å². The van der Waals surface area contributed by atoms with Gasteiger partial charge >= 0.3 is 6.18 Å². The molecule has 0 aromatic carbocycles. The van der Waals surface area contributed by atoms with Crippen LogP contribution in [0, 0.1) is 11.8 Å². The quantitative estimate of drug-likeness (QED) is 0.720. The van der Waals surface area contributed by atoms with E-state index >= 15 is 0 Å². The summed E-state index contributed by atoms with van der Waals surface area (Å²) in [4.78, 5) is 19.2. The summed E-state index contributed by atoms with van der Waals surface area (Å²) in [6.45, 7) is 8.19. The van der Waals surface area contributed by atoms with Gasteiger partial charge in [-0.15, -0.1) is 0 Å². The molecule has 0 N–H and O–H groups in total. The predicted molar refractivity (Wildman–Crippen MR) is 102 cm³/mol. The number of carbonyl (C=O) groups is 1. The molecule has 1 saturated heterocycles. The van der Waals surface area contributed by atoms with Crippen LogP contribution in [0.5, 0.6) is 0 Å². The number of likely N-dealkylation sites (tertiary alicyclic amines) is 1. The summed E-state index contributed by atoms with van der Waals surface area (Å²) in [5.41, 5.74) is -0.315. The van der Waals surface area contributed by atoms with Gasteiger partial charge in [-0.25, -0.2) is 9.50 Å². The first kappa shape index (κ1) is 20.2. The summed E-state index contributed by atoms with van der Waals surface area (Å²) < 4.78 is 42.1. The van der Waals surface area contributed by atoms with Crippen LogP contribution < -0.4 is 0 Å². The summed E-state index contributed by atoms with van der Waals surface area (Å²) in [5.74, 6) is 0.543. The van der Waals surface area contributed by atoms with Crippen molar-refractivity contribution >= 4 is 11.6 Å². The van der Waals surface area contributed by atoms with E-state index in [1.807, 2.05) is 25.7 Å². The maximum Gasteiger partial charge on any atom is 0.433 e.